The van der Waals surface area contributed by atoms with Gasteiger partial charge >= 0.3 is 0 Å². The number of nitrogens with zero attached hydrogens (tertiary/aromatic N) is 2. The molecule has 1 atom stereocenters. The van der Waals surface area contributed by atoms with Gasteiger partial charge in [-0.2, -0.15) is 0 Å². The molecule has 3 heterocycles. The molecule has 4 rings (SSSR count). The van der Waals surface area contributed by atoms with Crippen LogP contribution in [0.15, 0.2) is 18.3 Å². The van der Waals surface area contributed by atoms with Crippen LogP contribution < -0.4 is 0 Å². The Kier molecular flexibility index (Phi) is 4.39. The summed E-state index contributed by atoms with van der Waals surface area (Å²) >= 11 is 0. The number of pyridine rings is 1. The molecule has 6 heteroatoms. The zero-order chi connectivity index (χ0) is 18.5. The Morgan fingerprint density at radius 3 is 2.73 bits per heavy atom. The number of fused-ring (bicyclic) bond motifs is 1. The predicted molar refractivity (Wildman–Crippen MR) is 105 cm³/mol. The number of likely N-dealkylation sites (tertiary alicyclic amines) is 1. The molecule has 2 aliphatic rings. The van der Waals surface area contributed by atoms with Crippen LogP contribution in [0, 0.1) is 5.41 Å². The summed E-state index contributed by atoms with van der Waals surface area (Å²) in [7, 11) is -2.89. The van der Waals surface area contributed by atoms with Gasteiger partial charge in [-0.05, 0) is 49.4 Å². The minimum Gasteiger partial charge on any atom is -0.360 e. The van der Waals surface area contributed by atoms with Crippen LogP contribution >= 0.6 is 0 Å². The van der Waals surface area contributed by atoms with E-state index in [1.807, 2.05) is 0 Å². The van der Waals surface area contributed by atoms with Gasteiger partial charge in [0.15, 0.2) is 0 Å². The zero-order valence-corrected chi connectivity index (χ0v) is 16.8. The molecule has 1 aliphatic heterocycles. The van der Waals surface area contributed by atoms with E-state index in [-0.39, 0.29) is 5.75 Å². The third kappa shape index (κ3) is 3.07. The lowest BCUT2D eigenvalue weighted by molar-refractivity contribution is -0.130. The van der Waals surface area contributed by atoms with Crippen molar-refractivity contribution in [2.75, 3.05) is 25.1 Å². The highest BCUT2D eigenvalue weighted by Crippen LogP contribution is 2.60. The third-order valence-electron chi connectivity index (χ3n) is 6.25. The monoisotopic (exact) mass is 375 g/mol. The molecular formula is C20H29N3O2S. The van der Waals surface area contributed by atoms with Gasteiger partial charge in [0.1, 0.15) is 9.84 Å². The van der Waals surface area contributed by atoms with Gasteiger partial charge in [-0.1, -0.05) is 20.3 Å². The second-order valence-corrected chi connectivity index (χ2v) is 10.9. The van der Waals surface area contributed by atoms with E-state index in [1.165, 1.54) is 31.1 Å². The Bertz CT molecular complexity index is 912. The van der Waals surface area contributed by atoms with Crippen molar-refractivity contribution in [3.8, 4) is 0 Å². The first kappa shape index (κ1) is 18.0. The molecule has 1 saturated carbocycles. The van der Waals surface area contributed by atoms with E-state index >= 15 is 0 Å². The summed E-state index contributed by atoms with van der Waals surface area (Å²) < 4.78 is 22.9. The first-order valence-corrected chi connectivity index (χ1v) is 11.7. The lowest BCUT2D eigenvalue weighted by Gasteiger charge is -2.62. The minimum atomic E-state index is -2.89. The van der Waals surface area contributed by atoms with Crippen LogP contribution in [0.4, 0.5) is 0 Å². The van der Waals surface area contributed by atoms with Gasteiger partial charge < -0.3 is 4.98 Å². The standard InChI is InChI=1S/C20H29N3O2S/c1-14(2)15-12-21-16-6-7-17(22-18(15)16)19-20(8-4-9-20)13-23(19)10-5-11-26(3,24)25/h6-7,12,14,19,21H,4-5,8-11,13H2,1-3H3. The first-order chi connectivity index (χ1) is 12.3. The maximum Gasteiger partial charge on any atom is 0.147 e. The highest BCUT2D eigenvalue weighted by atomic mass is 32.2. The van der Waals surface area contributed by atoms with Gasteiger partial charge in [0, 0.05) is 24.4 Å². The Morgan fingerprint density at radius 2 is 2.12 bits per heavy atom. The van der Waals surface area contributed by atoms with E-state index in [0.717, 1.165) is 29.8 Å². The van der Waals surface area contributed by atoms with Gasteiger partial charge in [0.25, 0.3) is 0 Å². The normalized spacial score (nSPS) is 22.7. The molecule has 1 aliphatic carbocycles. The van der Waals surface area contributed by atoms with Crippen LogP contribution in [-0.2, 0) is 9.84 Å². The average molecular weight is 376 g/mol. The molecule has 1 saturated heterocycles. The highest BCUT2D eigenvalue weighted by Gasteiger charge is 2.56. The molecule has 142 valence electrons. The molecule has 0 amide bonds. The Hall–Kier alpha value is -1.40. The number of sulfone groups is 1. The van der Waals surface area contributed by atoms with E-state index in [9.17, 15) is 8.42 Å². The topological polar surface area (TPSA) is 66.1 Å². The van der Waals surface area contributed by atoms with Crippen molar-refractivity contribution in [3.63, 3.8) is 0 Å². The summed E-state index contributed by atoms with van der Waals surface area (Å²) in [5.74, 6) is 0.710. The maximum absolute atomic E-state index is 11.4. The molecule has 0 aromatic carbocycles. The number of nitrogens with one attached hydrogen (secondary N) is 1. The zero-order valence-electron chi connectivity index (χ0n) is 16.0. The molecular weight excluding hydrogens is 346 g/mol. The molecule has 26 heavy (non-hydrogen) atoms. The summed E-state index contributed by atoms with van der Waals surface area (Å²) in [6, 6.07) is 4.66. The summed E-state index contributed by atoms with van der Waals surface area (Å²) in [6.45, 7) is 6.32. The highest BCUT2D eigenvalue weighted by molar-refractivity contribution is 7.90. The van der Waals surface area contributed by atoms with Crippen LogP contribution in [0.2, 0.25) is 0 Å². The Morgan fingerprint density at radius 1 is 1.35 bits per heavy atom. The van der Waals surface area contributed by atoms with Gasteiger partial charge in [-0.3, -0.25) is 4.90 Å². The molecule has 0 bridgehead atoms. The molecule has 2 fully saturated rings. The number of rotatable bonds is 6. The van der Waals surface area contributed by atoms with Crippen LogP contribution in [-0.4, -0.2) is 48.4 Å². The van der Waals surface area contributed by atoms with Gasteiger partial charge in [0.2, 0.25) is 0 Å². The van der Waals surface area contributed by atoms with Crippen LogP contribution in [0.5, 0.6) is 0 Å². The van der Waals surface area contributed by atoms with Crippen molar-refractivity contribution in [1.29, 1.82) is 0 Å². The number of hydrogen-bond donors (Lipinski definition) is 1. The fourth-order valence-corrected chi connectivity index (χ4v) is 5.44. The van der Waals surface area contributed by atoms with E-state index in [2.05, 4.69) is 42.1 Å². The Labute approximate surface area is 156 Å². The van der Waals surface area contributed by atoms with E-state index in [1.54, 1.807) is 0 Å². The first-order valence-electron chi connectivity index (χ1n) is 9.69. The molecule has 0 radical (unpaired) electrons. The van der Waals surface area contributed by atoms with Gasteiger partial charge in [0.05, 0.1) is 28.5 Å². The van der Waals surface area contributed by atoms with Crippen molar-refractivity contribution >= 4 is 20.9 Å². The number of aromatic amines is 1. The minimum absolute atomic E-state index is 0.269. The van der Waals surface area contributed by atoms with Crippen LogP contribution in [0.1, 0.15) is 62.7 Å². The second kappa shape index (κ2) is 6.34. The fraction of sp³-hybridized carbons (Fsp3) is 0.650. The predicted octanol–water partition coefficient (Wildman–Crippen LogP) is 3.65. The molecule has 1 unspecified atom stereocenters. The van der Waals surface area contributed by atoms with Crippen molar-refractivity contribution in [1.82, 2.24) is 14.9 Å². The van der Waals surface area contributed by atoms with Crippen molar-refractivity contribution < 1.29 is 8.42 Å². The van der Waals surface area contributed by atoms with Crippen LogP contribution in [0.25, 0.3) is 11.0 Å². The van der Waals surface area contributed by atoms with Crippen LogP contribution in [0.3, 0.4) is 0 Å². The molecule has 2 aromatic rings. The summed E-state index contributed by atoms with van der Waals surface area (Å²) in [5.41, 5.74) is 5.00. The summed E-state index contributed by atoms with van der Waals surface area (Å²) in [4.78, 5) is 10.9. The quantitative estimate of drug-likeness (QED) is 0.837. The maximum atomic E-state index is 11.4. The van der Waals surface area contributed by atoms with E-state index in [0.29, 0.717) is 23.8 Å². The van der Waals surface area contributed by atoms with Gasteiger partial charge in [-0.25, -0.2) is 13.4 Å². The largest absolute Gasteiger partial charge is 0.360 e. The summed E-state index contributed by atoms with van der Waals surface area (Å²) in [5, 5.41) is 0. The number of hydrogen-bond acceptors (Lipinski definition) is 4. The SMILES string of the molecule is CC(C)c1c[nH]c2ccc(C3N(CCCS(C)(=O)=O)CC34CCC4)nc12. The molecule has 1 spiro atoms. The summed E-state index contributed by atoms with van der Waals surface area (Å²) in [6.07, 6.45) is 7.94. The molecule has 1 N–H and O–H groups in total. The number of H-pyrrole nitrogens is 1. The molecule has 5 nitrogen and oxygen atoms in total. The Balaban J connectivity index is 1.60. The van der Waals surface area contributed by atoms with Gasteiger partial charge in [-0.15, -0.1) is 0 Å². The molecule has 2 aromatic heterocycles. The van der Waals surface area contributed by atoms with E-state index < -0.39 is 9.84 Å². The van der Waals surface area contributed by atoms with Crippen molar-refractivity contribution in [2.45, 2.75) is 51.5 Å². The van der Waals surface area contributed by atoms with E-state index in [4.69, 9.17) is 4.98 Å². The lowest BCUT2D eigenvalue weighted by Crippen LogP contribution is -2.62. The number of aromatic nitrogens is 2. The lowest BCUT2D eigenvalue weighted by atomic mass is 9.57. The smallest absolute Gasteiger partial charge is 0.147 e. The third-order valence-corrected chi connectivity index (χ3v) is 7.28. The van der Waals surface area contributed by atoms with Crippen molar-refractivity contribution in [3.05, 3.63) is 29.6 Å². The second-order valence-electron chi connectivity index (χ2n) is 8.60. The van der Waals surface area contributed by atoms with Crippen molar-refractivity contribution in [2.24, 2.45) is 5.41 Å². The fourth-order valence-electron chi connectivity index (χ4n) is 4.79. The average Bonchev–Trinajstić information content (AvgIpc) is 2.90.